The topological polar surface area (TPSA) is 26.0 Å². The Morgan fingerprint density at radius 3 is 1.95 bits per heavy atom. The smallest absolute Gasteiger partial charge is 0.0136 e. The summed E-state index contributed by atoms with van der Waals surface area (Å²) >= 11 is 0. The van der Waals surface area contributed by atoms with E-state index in [-0.39, 0.29) is 0 Å². The second kappa shape index (κ2) is 11.8. The molecule has 0 unspecified atom stereocenters. The van der Waals surface area contributed by atoms with E-state index in [1.165, 1.54) is 28.5 Å². The van der Waals surface area contributed by atoms with Crippen LogP contribution in [0.2, 0.25) is 0 Å². The number of hydrogen-bond donors (Lipinski definition) is 1. The van der Waals surface area contributed by atoms with Crippen LogP contribution in [-0.4, -0.2) is 0 Å². The fourth-order valence-electron chi connectivity index (χ4n) is 1.94. The highest BCUT2D eigenvalue weighted by Crippen LogP contribution is 2.06. The Labute approximate surface area is 130 Å². The molecule has 0 aliphatic carbocycles. The van der Waals surface area contributed by atoms with E-state index >= 15 is 0 Å². The maximum atomic E-state index is 4.61. The van der Waals surface area contributed by atoms with Crippen molar-refractivity contribution in [2.24, 2.45) is 5.73 Å². The third kappa shape index (κ3) is 8.69. The van der Waals surface area contributed by atoms with E-state index < -0.39 is 0 Å². The summed E-state index contributed by atoms with van der Waals surface area (Å²) in [6.07, 6.45) is 3.54. The first-order valence-electron chi connectivity index (χ1n) is 7.51. The van der Waals surface area contributed by atoms with E-state index in [9.17, 15) is 0 Å². The van der Waals surface area contributed by atoms with Crippen molar-refractivity contribution in [1.29, 1.82) is 0 Å². The lowest BCUT2D eigenvalue weighted by Crippen LogP contribution is -1.82. The largest absolute Gasteiger partial charge is 0.405 e. The molecule has 2 N–H and O–H groups in total. The molecule has 0 atom stereocenters. The molecule has 21 heavy (non-hydrogen) atoms. The Kier molecular flexibility index (Phi) is 10.6. The summed E-state index contributed by atoms with van der Waals surface area (Å²) in [7, 11) is 0. The first-order valence-corrected chi connectivity index (χ1v) is 7.51. The summed E-state index contributed by atoms with van der Waals surface area (Å²) in [6.45, 7) is 11.8. The van der Waals surface area contributed by atoms with Crippen LogP contribution in [0.15, 0.2) is 61.3 Å². The number of benzene rings is 2. The molecular formula is C20H29N. The molecule has 0 spiro atoms. The molecule has 0 aliphatic heterocycles. The third-order valence-corrected chi connectivity index (χ3v) is 3.13. The third-order valence-electron chi connectivity index (χ3n) is 3.13. The molecule has 1 heteroatoms. The van der Waals surface area contributed by atoms with Gasteiger partial charge in [-0.25, -0.2) is 0 Å². The lowest BCUT2D eigenvalue weighted by Gasteiger charge is -1.98. The first kappa shape index (κ1) is 19.0. The van der Waals surface area contributed by atoms with Gasteiger partial charge in [0, 0.05) is 0 Å². The maximum absolute atomic E-state index is 4.61. The van der Waals surface area contributed by atoms with Gasteiger partial charge in [0.15, 0.2) is 0 Å². The van der Waals surface area contributed by atoms with Crippen LogP contribution in [0.5, 0.6) is 0 Å². The summed E-state index contributed by atoms with van der Waals surface area (Å²) < 4.78 is 0. The van der Waals surface area contributed by atoms with Crippen LogP contribution in [0.4, 0.5) is 0 Å². The minimum Gasteiger partial charge on any atom is -0.405 e. The number of hydrogen-bond acceptors (Lipinski definition) is 1. The van der Waals surface area contributed by atoms with Crippen molar-refractivity contribution >= 4 is 0 Å². The predicted octanol–water partition coefficient (Wildman–Crippen LogP) is 5.20. The zero-order valence-corrected chi connectivity index (χ0v) is 13.9. The zero-order valence-electron chi connectivity index (χ0n) is 13.9. The molecule has 0 amide bonds. The summed E-state index contributed by atoms with van der Waals surface area (Å²) in [4.78, 5) is 0. The SMILES string of the molecule is C=CN.CCc1cccc(C)c1.CCc1ccccc1C. The Balaban J connectivity index is 0.000000322. The highest BCUT2D eigenvalue weighted by Gasteiger charge is 1.89. The van der Waals surface area contributed by atoms with Crippen molar-refractivity contribution in [2.45, 2.75) is 40.5 Å². The second-order valence-electron chi connectivity index (χ2n) is 4.86. The molecule has 0 aromatic heterocycles. The lowest BCUT2D eigenvalue weighted by molar-refractivity contribution is 1.11. The van der Waals surface area contributed by atoms with Gasteiger partial charge >= 0.3 is 0 Å². The molecule has 2 aromatic carbocycles. The van der Waals surface area contributed by atoms with E-state index in [1.807, 2.05) is 0 Å². The fourth-order valence-corrected chi connectivity index (χ4v) is 1.94. The summed E-state index contributed by atoms with van der Waals surface area (Å²) in [5.74, 6) is 0. The van der Waals surface area contributed by atoms with Crippen LogP contribution < -0.4 is 5.73 Å². The van der Waals surface area contributed by atoms with Gasteiger partial charge in [-0.3, -0.25) is 0 Å². The normalized spacial score (nSPS) is 8.76. The van der Waals surface area contributed by atoms with Gasteiger partial charge in [0.25, 0.3) is 0 Å². The molecule has 0 radical (unpaired) electrons. The number of rotatable bonds is 2. The molecule has 1 nitrogen and oxygen atoms in total. The van der Waals surface area contributed by atoms with E-state index in [4.69, 9.17) is 0 Å². The van der Waals surface area contributed by atoms with Crippen molar-refractivity contribution in [3.8, 4) is 0 Å². The number of aryl methyl sites for hydroxylation is 4. The average molecular weight is 283 g/mol. The first-order chi connectivity index (χ1) is 10.1. The van der Waals surface area contributed by atoms with E-state index in [2.05, 4.69) is 88.5 Å². The standard InChI is InChI=1S/2C9H12.C2H5N/c1-3-9-6-4-5-8(2)7-9;1-3-9-7-5-4-6-8(9)2;1-2-3/h2*4-7H,3H2,1-2H3;2H,1,3H2. The molecule has 0 fully saturated rings. The Hall–Kier alpha value is -2.02. The highest BCUT2D eigenvalue weighted by molar-refractivity contribution is 5.25. The van der Waals surface area contributed by atoms with Crippen molar-refractivity contribution < 1.29 is 0 Å². The second-order valence-corrected chi connectivity index (χ2v) is 4.86. The van der Waals surface area contributed by atoms with Gasteiger partial charge < -0.3 is 5.73 Å². The Morgan fingerprint density at radius 2 is 1.57 bits per heavy atom. The summed E-state index contributed by atoms with van der Waals surface area (Å²) in [5, 5.41) is 0. The van der Waals surface area contributed by atoms with Gasteiger partial charge in [-0.15, -0.1) is 0 Å². The predicted molar refractivity (Wildman–Crippen MR) is 95.5 cm³/mol. The molecule has 0 heterocycles. The monoisotopic (exact) mass is 283 g/mol. The highest BCUT2D eigenvalue weighted by atomic mass is 14.5. The van der Waals surface area contributed by atoms with Crippen molar-refractivity contribution in [2.75, 3.05) is 0 Å². The zero-order chi connectivity index (χ0) is 16.1. The van der Waals surface area contributed by atoms with Gasteiger partial charge in [-0.05, 0) is 49.6 Å². The van der Waals surface area contributed by atoms with Crippen LogP contribution in [0, 0.1) is 13.8 Å². The van der Waals surface area contributed by atoms with Gasteiger partial charge in [0.2, 0.25) is 0 Å². The van der Waals surface area contributed by atoms with Gasteiger partial charge in [0.1, 0.15) is 0 Å². The van der Waals surface area contributed by atoms with Crippen LogP contribution in [-0.2, 0) is 12.8 Å². The van der Waals surface area contributed by atoms with Crippen molar-refractivity contribution in [3.63, 3.8) is 0 Å². The molecular weight excluding hydrogens is 254 g/mol. The molecule has 114 valence electrons. The van der Waals surface area contributed by atoms with E-state index in [0.29, 0.717) is 0 Å². The van der Waals surface area contributed by atoms with Crippen LogP contribution in [0.25, 0.3) is 0 Å². The van der Waals surface area contributed by atoms with Crippen LogP contribution >= 0.6 is 0 Å². The van der Waals surface area contributed by atoms with Crippen LogP contribution in [0.3, 0.4) is 0 Å². The van der Waals surface area contributed by atoms with Crippen molar-refractivity contribution in [3.05, 3.63) is 83.6 Å². The summed E-state index contributed by atoms with van der Waals surface area (Å²) in [5.41, 5.74) is 10.3. The summed E-state index contributed by atoms with van der Waals surface area (Å²) in [6, 6.07) is 17.1. The minimum atomic E-state index is 1.14. The van der Waals surface area contributed by atoms with E-state index in [1.54, 1.807) is 0 Å². The minimum absolute atomic E-state index is 1.14. The van der Waals surface area contributed by atoms with E-state index in [0.717, 1.165) is 12.8 Å². The fraction of sp³-hybridized carbons (Fsp3) is 0.300. The number of nitrogens with two attached hydrogens (primary N) is 1. The van der Waals surface area contributed by atoms with Gasteiger partial charge in [-0.2, -0.15) is 0 Å². The Bertz CT molecular complexity index is 515. The maximum Gasteiger partial charge on any atom is -0.0136 e. The molecule has 0 aliphatic rings. The van der Waals surface area contributed by atoms with Gasteiger partial charge in [0.05, 0.1) is 0 Å². The Morgan fingerprint density at radius 1 is 0.952 bits per heavy atom. The lowest BCUT2D eigenvalue weighted by atomic mass is 10.1. The average Bonchev–Trinajstić information content (AvgIpc) is 2.49. The molecule has 0 saturated heterocycles. The molecule has 0 saturated carbocycles. The molecule has 0 bridgehead atoms. The van der Waals surface area contributed by atoms with Crippen molar-refractivity contribution in [1.82, 2.24) is 0 Å². The van der Waals surface area contributed by atoms with Crippen LogP contribution in [0.1, 0.15) is 36.1 Å². The quantitative estimate of drug-likeness (QED) is 0.805. The molecule has 2 rings (SSSR count). The molecule has 2 aromatic rings. The van der Waals surface area contributed by atoms with Gasteiger partial charge in [-0.1, -0.05) is 74.5 Å².